The van der Waals surface area contributed by atoms with Crippen LogP contribution >= 0.6 is 0 Å². The molecule has 2 aromatic rings. The maximum Gasteiger partial charge on any atom is 0.264 e. The second kappa shape index (κ2) is 8.34. The molecule has 1 N–H and O–H groups in total. The van der Waals surface area contributed by atoms with E-state index in [0.29, 0.717) is 25.9 Å². The molecule has 1 spiro atoms. The highest BCUT2D eigenvalue weighted by molar-refractivity contribution is 6.08. The first-order valence-electron chi connectivity index (χ1n) is 11.6. The van der Waals surface area contributed by atoms with Crippen LogP contribution in [0.5, 0.6) is 0 Å². The van der Waals surface area contributed by atoms with E-state index in [1.807, 2.05) is 58.3 Å². The smallest absolute Gasteiger partial charge is 0.264 e. The van der Waals surface area contributed by atoms with Gasteiger partial charge in [-0.15, -0.1) is 0 Å². The number of rotatable bonds is 5. The summed E-state index contributed by atoms with van der Waals surface area (Å²) in [7, 11) is 0. The average molecular weight is 435 g/mol. The van der Waals surface area contributed by atoms with Crippen LogP contribution in [0.3, 0.4) is 0 Å². The Morgan fingerprint density at radius 2 is 1.94 bits per heavy atom. The van der Waals surface area contributed by atoms with Crippen LogP contribution in [-0.4, -0.2) is 36.2 Å². The highest BCUT2D eigenvalue weighted by Crippen LogP contribution is 2.54. The fourth-order valence-electron chi connectivity index (χ4n) is 5.55. The Labute approximate surface area is 188 Å². The van der Waals surface area contributed by atoms with Crippen molar-refractivity contribution in [3.05, 3.63) is 59.7 Å². The Kier molecular flexibility index (Phi) is 5.51. The fraction of sp³-hybridized carbons (Fsp3) is 0.462. The number of nitrogens with zero attached hydrogens (tertiary/aromatic N) is 2. The first-order valence-corrected chi connectivity index (χ1v) is 11.6. The molecule has 32 heavy (non-hydrogen) atoms. The van der Waals surface area contributed by atoms with Gasteiger partial charge in [0.2, 0.25) is 5.91 Å². The van der Waals surface area contributed by atoms with E-state index >= 15 is 0 Å². The van der Waals surface area contributed by atoms with Crippen LogP contribution in [0, 0.1) is 5.92 Å². The molecule has 0 saturated carbocycles. The molecule has 0 aromatic heterocycles. The third-order valence-corrected chi connectivity index (χ3v) is 7.17. The predicted octanol–water partition coefficient (Wildman–Crippen LogP) is 3.75. The lowest BCUT2D eigenvalue weighted by molar-refractivity contribution is -0.146. The quantitative estimate of drug-likeness (QED) is 0.778. The highest BCUT2D eigenvalue weighted by Gasteiger charge is 2.60. The molecular formula is C26H30N2O4. The molecule has 2 fully saturated rings. The summed E-state index contributed by atoms with van der Waals surface area (Å²) in [5.41, 5.74) is 2.52. The van der Waals surface area contributed by atoms with Crippen molar-refractivity contribution in [3.63, 3.8) is 0 Å². The molecular weight excluding hydrogens is 404 g/mol. The molecule has 3 aliphatic rings. The van der Waals surface area contributed by atoms with Gasteiger partial charge >= 0.3 is 0 Å². The van der Waals surface area contributed by atoms with E-state index in [0.717, 1.165) is 41.8 Å². The van der Waals surface area contributed by atoms with Gasteiger partial charge in [-0.3, -0.25) is 9.59 Å². The summed E-state index contributed by atoms with van der Waals surface area (Å²) >= 11 is 0. The minimum absolute atomic E-state index is 0.0293. The lowest BCUT2D eigenvalue weighted by atomic mass is 9.82. The number of hydrogen-bond acceptors (Lipinski definition) is 4. The van der Waals surface area contributed by atoms with Crippen molar-refractivity contribution in [2.45, 2.75) is 57.3 Å². The molecule has 168 valence electrons. The summed E-state index contributed by atoms with van der Waals surface area (Å²) in [5.74, 6) is 0.0547. The molecule has 0 unspecified atom stereocenters. The molecule has 5 rings (SSSR count). The second-order valence-corrected chi connectivity index (χ2v) is 9.21. The molecule has 2 saturated heterocycles. The number of hydrogen-bond donors (Lipinski definition) is 1. The minimum Gasteiger partial charge on any atom is -0.396 e. The summed E-state index contributed by atoms with van der Waals surface area (Å²) in [4.78, 5) is 30.2. The van der Waals surface area contributed by atoms with Gasteiger partial charge in [0.25, 0.3) is 5.91 Å². The van der Waals surface area contributed by atoms with E-state index < -0.39 is 5.60 Å². The highest BCUT2D eigenvalue weighted by atomic mass is 16.5. The SMILES string of the molecule is C[C@@H]1C[C@H](CCO)O[C@@]12C(=O)N(Cc1ccccc1)c1ccc(N3CCCCC3=O)cc12. The standard InChI is InChI=1S/C26H30N2O4/c1-18-15-21(12-14-29)32-26(18)22-16-20(27-13-6-5-9-24(27)30)10-11-23(22)28(25(26)31)17-19-7-3-2-4-8-19/h2-4,7-8,10-11,16,18,21,29H,5-6,9,12-15,17H2,1H3/t18-,21+,26+/m1/s1. The summed E-state index contributed by atoms with van der Waals surface area (Å²) in [6.07, 6.45) is 3.54. The van der Waals surface area contributed by atoms with Crippen molar-refractivity contribution in [2.24, 2.45) is 5.92 Å². The van der Waals surface area contributed by atoms with Crippen LogP contribution in [0.2, 0.25) is 0 Å². The number of aliphatic hydroxyl groups excluding tert-OH is 1. The number of piperidine rings is 1. The van der Waals surface area contributed by atoms with Crippen LogP contribution in [0.4, 0.5) is 11.4 Å². The van der Waals surface area contributed by atoms with Gasteiger partial charge in [0.15, 0.2) is 5.60 Å². The maximum atomic E-state index is 14.0. The molecule has 3 atom stereocenters. The first-order chi connectivity index (χ1) is 15.5. The van der Waals surface area contributed by atoms with Crippen LogP contribution < -0.4 is 9.80 Å². The van der Waals surface area contributed by atoms with Crippen molar-refractivity contribution in [1.82, 2.24) is 0 Å². The molecule has 2 amide bonds. The second-order valence-electron chi connectivity index (χ2n) is 9.21. The monoisotopic (exact) mass is 434 g/mol. The van der Waals surface area contributed by atoms with E-state index in [9.17, 15) is 14.7 Å². The van der Waals surface area contributed by atoms with Gasteiger partial charge in [-0.2, -0.15) is 0 Å². The first kappa shape index (κ1) is 21.2. The molecule has 0 radical (unpaired) electrons. The third-order valence-electron chi connectivity index (χ3n) is 7.17. The Hall–Kier alpha value is -2.70. The topological polar surface area (TPSA) is 70.1 Å². The van der Waals surface area contributed by atoms with Gasteiger partial charge in [0.05, 0.1) is 18.3 Å². The zero-order valence-corrected chi connectivity index (χ0v) is 18.5. The summed E-state index contributed by atoms with van der Waals surface area (Å²) in [6, 6.07) is 15.9. The zero-order chi connectivity index (χ0) is 22.3. The molecule has 6 heteroatoms. The van der Waals surface area contributed by atoms with Crippen LogP contribution in [0.1, 0.15) is 50.2 Å². The lowest BCUT2D eigenvalue weighted by Crippen LogP contribution is -2.43. The maximum absolute atomic E-state index is 14.0. The number of amides is 2. The molecule has 6 nitrogen and oxygen atoms in total. The van der Waals surface area contributed by atoms with Gasteiger partial charge in [0, 0.05) is 36.7 Å². The Balaban J connectivity index is 1.59. The largest absolute Gasteiger partial charge is 0.396 e. The Morgan fingerprint density at radius 1 is 1.12 bits per heavy atom. The number of aliphatic hydroxyl groups is 1. The number of anilines is 2. The predicted molar refractivity (Wildman–Crippen MR) is 122 cm³/mol. The number of benzene rings is 2. The average Bonchev–Trinajstić information content (AvgIpc) is 3.25. The summed E-state index contributed by atoms with van der Waals surface area (Å²) < 4.78 is 6.48. The summed E-state index contributed by atoms with van der Waals surface area (Å²) in [5, 5.41) is 9.48. The van der Waals surface area contributed by atoms with E-state index in [2.05, 4.69) is 6.92 Å². The lowest BCUT2D eigenvalue weighted by Gasteiger charge is -2.30. The van der Waals surface area contributed by atoms with E-state index in [4.69, 9.17) is 4.74 Å². The number of fused-ring (bicyclic) bond motifs is 2. The van der Waals surface area contributed by atoms with Crippen molar-refractivity contribution in [2.75, 3.05) is 23.0 Å². The van der Waals surface area contributed by atoms with Gasteiger partial charge in [-0.05, 0) is 49.4 Å². The molecule has 2 aromatic carbocycles. The molecule has 3 heterocycles. The van der Waals surface area contributed by atoms with Crippen LogP contribution in [0.25, 0.3) is 0 Å². The Bertz CT molecular complexity index is 1020. The van der Waals surface area contributed by atoms with Crippen molar-refractivity contribution >= 4 is 23.2 Å². The van der Waals surface area contributed by atoms with Gasteiger partial charge in [-0.1, -0.05) is 37.3 Å². The fourth-order valence-corrected chi connectivity index (χ4v) is 5.55. The molecule has 3 aliphatic heterocycles. The van der Waals surface area contributed by atoms with Gasteiger partial charge in [-0.25, -0.2) is 0 Å². The van der Waals surface area contributed by atoms with Crippen molar-refractivity contribution in [1.29, 1.82) is 0 Å². The zero-order valence-electron chi connectivity index (χ0n) is 18.5. The molecule has 0 bridgehead atoms. The number of carbonyl (C=O) groups excluding carboxylic acids is 2. The third kappa shape index (κ3) is 3.33. The van der Waals surface area contributed by atoms with Crippen LogP contribution in [0.15, 0.2) is 48.5 Å². The summed E-state index contributed by atoms with van der Waals surface area (Å²) in [6.45, 7) is 3.27. The molecule has 0 aliphatic carbocycles. The Morgan fingerprint density at radius 3 is 2.69 bits per heavy atom. The minimum atomic E-state index is -1.07. The van der Waals surface area contributed by atoms with E-state index in [1.165, 1.54) is 0 Å². The number of carbonyl (C=O) groups is 2. The van der Waals surface area contributed by atoms with Crippen molar-refractivity contribution in [3.8, 4) is 0 Å². The van der Waals surface area contributed by atoms with E-state index in [1.54, 1.807) is 0 Å². The van der Waals surface area contributed by atoms with Crippen molar-refractivity contribution < 1.29 is 19.4 Å². The van der Waals surface area contributed by atoms with Gasteiger partial charge in [0.1, 0.15) is 0 Å². The van der Waals surface area contributed by atoms with Gasteiger partial charge < -0.3 is 19.6 Å². The number of ether oxygens (including phenoxy) is 1. The normalized spacial score (nSPS) is 27.4. The van der Waals surface area contributed by atoms with Crippen LogP contribution in [-0.2, 0) is 26.5 Å². The van der Waals surface area contributed by atoms with E-state index in [-0.39, 0.29) is 30.4 Å².